The average molecular weight is 1020 g/mol. The zero-order valence-corrected chi connectivity index (χ0v) is 48.1. The Kier molecular flexibility index (Phi) is 58.3. The number of carbonyl (C=O) groups is 3. The first-order chi connectivity index (χ1) is 36.0. The molecule has 0 aliphatic rings. The molecule has 0 spiro atoms. The van der Waals surface area contributed by atoms with Gasteiger partial charge in [0.15, 0.2) is 6.10 Å². The average Bonchev–Trinajstić information content (AvgIpc) is 3.39. The number of carbonyl (C=O) groups excluding carboxylic acids is 3. The number of hydrogen-bond acceptors (Lipinski definition) is 6. The van der Waals surface area contributed by atoms with Gasteiger partial charge in [0.1, 0.15) is 13.2 Å². The van der Waals surface area contributed by atoms with Crippen molar-refractivity contribution in [3.8, 4) is 0 Å². The minimum Gasteiger partial charge on any atom is -0.462 e. The zero-order valence-electron chi connectivity index (χ0n) is 48.1. The maximum Gasteiger partial charge on any atom is 0.306 e. The molecule has 0 saturated heterocycles. The quantitative estimate of drug-likeness (QED) is 0.0261. The Bertz CT molecular complexity index is 1400. The number of hydrogen-bond donors (Lipinski definition) is 0. The molecule has 0 aromatic rings. The van der Waals surface area contributed by atoms with Crippen molar-refractivity contribution >= 4 is 17.9 Å². The minimum absolute atomic E-state index is 0.0917. The molecule has 6 heteroatoms. The molecular weight excluding hydrogens is 901 g/mol. The van der Waals surface area contributed by atoms with E-state index < -0.39 is 6.10 Å². The summed E-state index contributed by atoms with van der Waals surface area (Å²) in [7, 11) is 0. The van der Waals surface area contributed by atoms with Crippen molar-refractivity contribution in [1.82, 2.24) is 0 Å². The molecule has 0 aliphatic heterocycles. The lowest BCUT2D eigenvalue weighted by atomic mass is 10.1. The third kappa shape index (κ3) is 59.3. The molecule has 0 saturated carbocycles. The van der Waals surface area contributed by atoms with Crippen LogP contribution in [0.15, 0.2) is 85.1 Å². The molecular formula is C67H116O6. The van der Waals surface area contributed by atoms with Crippen molar-refractivity contribution in [2.24, 2.45) is 0 Å². The molecule has 0 heterocycles. The van der Waals surface area contributed by atoms with E-state index in [1.54, 1.807) is 0 Å². The fraction of sp³-hybridized carbons (Fsp3) is 0.746. The first kappa shape index (κ1) is 69.6. The van der Waals surface area contributed by atoms with Crippen LogP contribution >= 0.6 is 0 Å². The first-order valence-electron chi connectivity index (χ1n) is 31.1. The van der Waals surface area contributed by atoms with Crippen LogP contribution < -0.4 is 0 Å². The Morgan fingerprint density at radius 3 is 0.904 bits per heavy atom. The van der Waals surface area contributed by atoms with Crippen molar-refractivity contribution in [2.75, 3.05) is 13.2 Å². The van der Waals surface area contributed by atoms with Crippen LogP contribution in [0.2, 0.25) is 0 Å². The van der Waals surface area contributed by atoms with Gasteiger partial charge in [-0.1, -0.05) is 254 Å². The molecule has 0 radical (unpaired) electrons. The molecule has 0 rings (SSSR count). The van der Waals surface area contributed by atoms with Crippen LogP contribution in [0.3, 0.4) is 0 Å². The van der Waals surface area contributed by atoms with E-state index in [0.29, 0.717) is 19.3 Å². The fourth-order valence-corrected chi connectivity index (χ4v) is 8.69. The van der Waals surface area contributed by atoms with Crippen LogP contribution in [0.4, 0.5) is 0 Å². The molecule has 6 nitrogen and oxygen atoms in total. The van der Waals surface area contributed by atoms with Crippen molar-refractivity contribution in [1.29, 1.82) is 0 Å². The summed E-state index contributed by atoms with van der Waals surface area (Å²) in [6.45, 7) is 6.49. The normalized spacial score (nSPS) is 12.6. The van der Waals surface area contributed by atoms with Gasteiger partial charge in [-0.15, -0.1) is 0 Å². The van der Waals surface area contributed by atoms with Crippen LogP contribution in [0.25, 0.3) is 0 Å². The molecule has 0 aromatic heterocycles. The summed E-state index contributed by atoms with van der Waals surface area (Å²) in [5.41, 5.74) is 0. The van der Waals surface area contributed by atoms with Gasteiger partial charge in [0.2, 0.25) is 0 Å². The highest BCUT2D eigenvalue weighted by molar-refractivity contribution is 5.71. The van der Waals surface area contributed by atoms with E-state index in [9.17, 15) is 14.4 Å². The summed E-state index contributed by atoms with van der Waals surface area (Å²) in [5, 5.41) is 0. The number of allylic oxidation sites excluding steroid dienone is 14. The molecule has 1 atom stereocenters. The Labute approximate surface area is 452 Å². The monoisotopic (exact) mass is 1020 g/mol. The second-order valence-corrected chi connectivity index (χ2v) is 20.6. The van der Waals surface area contributed by atoms with Crippen molar-refractivity contribution in [3.05, 3.63) is 85.1 Å². The van der Waals surface area contributed by atoms with Gasteiger partial charge in [-0.05, 0) is 116 Å². The van der Waals surface area contributed by atoms with Crippen LogP contribution in [0.1, 0.15) is 303 Å². The van der Waals surface area contributed by atoms with Crippen LogP contribution in [-0.2, 0) is 28.6 Å². The van der Waals surface area contributed by atoms with E-state index >= 15 is 0 Å². The Balaban J connectivity index is 4.40. The fourth-order valence-electron chi connectivity index (χ4n) is 8.69. The van der Waals surface area contributed by atoms with Gasteiger partial charge in [-0.3, -0.25) is 14.4 Å². The Hall–Kier alpha value is -3.41. The van der Waals surface area contributed by atoms with Crippen LogP contribution in [0.5, 0.6) is 0 Å². The summed E-state index contributed by atoms with van der Waals surface area (Å²) in [6.07, 6.45) is 80.1. The molecule has 0 fully saturated rings. The molecule has 420 valence electrons. The maximum absolute atomic E-state index is 12.9. The van der Waals surface area contributed by atoms with E-state index in [2.05, 4.69) is 106 Å². The van der Waals surface area contributed by atoms with Gasteiger partial charge in [0, 0.05) is 19.3 Å². The number of esters is 3. The number of ether oxygens (including phenoxy) is 3. The second-order valence-electron chi connectivity index (χ2n) is 20.6. The molecule has 1 unspecified atom stereocenters. The lowest BCUT2D eigenvalue weighted by Gasteiger charge is -2.18. The van der Waals surface area contributed by atoms with E-state index in [1.807, 2.05) is 0 Å². The predicted molar refractivity (Wildman–Crippen MR) is 316 cm³/mol. The zero-order chi connectivity index (χ0) is 52.9. The third-order valence-corrected chi connectivity index (χ3v) is 13.4. The largest absolute Gasteiger partial charge is 0.462 e. The Morgan fingerprint density at radius 2 is 0.534 bits per heavy atom. The molecule has 0 aliphatic carbocycles. The summed E-state index contributed by atoms with van der Waals surface area (Å²) >= 11 is 0. The van der Waals surface area contributed by atoms with Gasteiger partial charge < -0.3 is 14.2 Å². The van der Waals surface area contributed by atoms with Crippen LogP contribution in [-0.4, -0.2) is 37.2 Å². The predicted octanol–water partition coefficient (Wildman–Crippen LogP) is 21.1. The van der Waals surface area contributed by atoms with E-state index in [-0.39, 0.29) is 31.1 Å². The maximum atomic E-state index is 12.9. The SMILES string of the molecule is CC/C=C\C/C=C\C/C=C\C/C=C\CCCCC(=O)OCC(COC(=O)CCCCCCCCCCC/C=C\CCCCCCCCCC)OC(=O)CCCCCCCCCCC/C=C\C/C=C\CCCCC. The second kappa shape index (κ2) is 61.1. The highest BCUT2D eigenvalue weighted by atomic mass is 16.6. The third-order valence-electron chi connectivity index (χ3n) is 13.4. The summed E-state index contributed by atoms with van der Waals surface area (Å²) < 4.78 is 16.9. The van der Waals surface area contributed by atoms with Gasteiger partial charge in [-0.2, -0.15) is 0 Å². The van der Waals surface area contributed by atoms with Gasteiger partial charge in [0.05, 0.1) is 0 Å². The molecule has 0 aromatic carbocycles. The molecule has 0 N–H and O–H groups in total. The Morgan fingerprint density at radius 1 is 0.288 bits per heavy atom. The highest BCUT2D eigenvalue weighted by Crippen LogP contribution is 2.16. The van der Waals surface area contributed by atoms with Crippen molar-refractivity contribution in [3.63, 3.8) is 0 Å². The van der Waals surface area contributed by atoms with Gasteiger partial charge in [0.25, 0.3) is 0 Å². The van der Waals surface area contributed by atoms with Crippen LogP contribution in [0, 0.1) is 0 Å². The number of rotatable bonds is 56. The smallest absolute Gasteiger partial charge is 0.306 e. The van der Waals surface area contributed by atoms with Crippen molar-refractivity contribution < 1.29 is 28.6 Å². The summed E-state index contributed by atoms with van der Waals surface area (Å²) in [5.74, 6) is -0.931. The first-order valence-corrected chi connectivity index (χ1v) is 31.1. The minimum atomic E-state index is -0.798. The lowest BCUT2D eigenvalue weighted by molar-refractivity contribution is -0.167. The van der Waals surface area contributed by atoms with Gasteiger partial charge in [-0.25, -0.2) is 0 Å². The molecule has 73 heavy (non-hydrogen) atoms. The van der Waals surface area contributed by atoms with Gasteiger partial charge >= 0.3 is 17.9 Å². The van der Waals surface area contributed by atoms with E-state index in [0.717, 1.165) is 89.9 Å². The summed E-state index contributed by atoms with van der Waals surface area (Å²) in [6, 6.07) is 0. The van der Waals surface area contributed by atoms with E-state index in [1.165, 1.54) is 173 Å². The van der Waals surface area contributed by atoms with E-state index in [4.69, 9.17) is 14.2 Å². The highest BCUT2D eigenvalue weighted by Gasteiger charge is 2.19. The van der Waals surface area contributed by atoms with Crippen molar-refractivity contribution in [2.45, 2.75) is 309 Å². The topological polar surface area (TPSA) is 78.9 Å². The standard InChI is InChI=1S/C67H116O6/c1-4-7-10-13-16-19-22-25-28-30-32-33-35-36-39-42-45-48-51-54-57-60-66(69)72-63-64(62-71-65(68)59-56-53-50-47-44-41-38-27-24-21-18-15-12-9-6-3)73-67(70)61-58-55-52-49-46-43-40-37-34-31-29-26-23-20-17-14-11-8-5-2/h9,12,17-18,20-21,26-27,29-30,32,38,44,47,64H,4-8,10-11,13-16,19,22-25,28,31,33-37,39-43,45-46,48-63H2,1-3H3/b12-9-,20-17-,21-18-,29-26-,32-30-,38-27-,47-44-. The molecule has 0 bridgehead atoms. The lowest BCUT2D eigenvalue weighted by Crippen LogP contribution is -2.30. The summed E-state index contributed by atoms with van der Waals surface area (Å²) in [4.78, 5) is 38.3. The molecule has 0 amide bonds. The number of unbranched alkanes of at least 4 members (excludes halogenated alkanes) is 31.